The number of nitrogens with zero attached hydrogens (tertiary/aromatic N) is 3. The van der Waals surface area contributed by atoms with Crippen molar-refractivity contribution in [3.63, 3.8) is 0 Å². The van der Waals surface area contributed by atoms with E-state index in [-0.39, 0.29) is 24.0 Å². The van der Waals surface area contributed by atoms with Gasteiger partial charge in [0.05, 0.1) is 5.56 Å². The van der Waals surface area contributed by atoms with Crippen LogP contribution in [0.15, 0.2) is 24.3 Å². The third-order valence-corrected chi connectivity index (χ3v) is 4.79. The summed E-state index contributed by atoms with van der Waals surface area (Å²) >= 11 is 0. The molecule has 1 aliphatic heterocycles. The number of carbonyl (C=O) groups is 2. The zero-order valence-electron chi connectivity index (χ0n) is 15.2. The summed E-state index contributed by atoms with van der Waals surface area (Å²) in [6.45, 7) is 3.49. The highest BCUT2D eigenvalue weighted by molar-refractivity contribution is 5.97. The quantitative estimate of drug-likeness (QED) is 0.815. The van der Waals surface area contributed by atoms with Crippen LogP contribution < -0.4 is 4.74 Å². The van der Waals surface area contributed by atoms with Gasteiger partial charge in [-0.2, -0.15) is 0 Å². The fraction of sp³-hybridized carbons (Fsp3) is 0.556. The van der Waals surface area contributed by atoms with Gasteiger partial charge in [-0.25, -0.2) is 0 Å². The number of rotatable bonds is 5. The Kier molecular flexibility index (Phi) is 5.49. The van der Waals surface area contributed by atoms with E-state index in [1.54, 1.807) is 32.3 Å². The highest BCUT2D eigenvalue weighted by atomic mass is 16.5. The molecule has 0 aliphatic carbocycles. The first-order chi connectivity index (χ1) is 11.2. The molecule has 1 unspecified atom stereocenters. The van der Waals surface area contributed by atoms with Crippen LogP contribution in [0.2, 0.25) is 0 Å². The number of para-hydroxylation sites is 1. The summed E-state index contributed by atoms with van der Waals surface area (Å²) in [6.07, 6.45) is 0.938. The number of hydrogen-bond donors (Lipinski definition) is 0. The first-order valence-corrected chi connectivity index (χ1v) is 8.13. The molecule has 1 aliphatic rings. The molecule has 1 fully saturated rings. The van der Waals surface area contributed by atoms with E-state index in [0.29, 0.717) is 17.9 Å². The number of likely N-dealkylation sites (N-methyl/N-ethyl adjacent to an activating group) is 2. The van der Waals surface area contributed by atoms with Gasteiger partial charge in [0, 0.05) is 32.7 Å². The summed E-state index contributed by atoms with van der Waals surface area (Å²) in [5.41, 5.74) is 0.499. The third-order valence-electron chi connectivity index (χ3n) is 4.79. The minimum atomic E-state index is -0.140. The Hall–Kier alpha value is -2.08. The average molecular weight is 333 g/mol. The van der Waals surface area contributed by atoms with E-state index in [9.17, 15) is 9.59 Å². The predicted octanol–water partition coefficient (Wildman–Crippen LogP) is 1.32. The van der Waals surface area contributed by atoms with Gasteiger partial charge in [0.25, 0.3) is 11.8 Å². The van der Waals surface area contributed by atoms with Crippen molar-refractivity contribution in [1.29, 1.82) is 0 Å². The fourth-order valence-electron chi connectivity index (χ4n) is 2.69. The van der Waals surface area contributed by atoms with Gasteiger partial charge in [-0.3, -0.25) is 9.59 Å². The van der Waals surface area contributed by atoms with E-state index in [4.69, 9.17) is 4.74 Å². The molecular formula is C18H27N3O3. The van der Waals surface area contributed by atoms with Gasteiger partial charge in [0.2, 0.25) is 0 Å². The van der Waals surface area contributed by atoms with E-state index < -0.39 is 0 Å². The van der Waals surface area contributed by atoms with Crippen LogP contribution in [-0.2, 0) is 4.79 Å². The maximum Gasteiger partial charge on any atom is 0.259 e. The minimum absolute atomic E-state index is 0.00759. The predicted molar refractivity (Wildman–Crippen MR) is 93.2 cm³/mol. The van der Waals surface area contributed by atoms with E-state index in [1.165, 1.54) is 4.90 Å². The maximum absolute atomic E-state index is 12.9. The van der Waals surface area contributed by atoms with Crippen molar-refractivity contribution in [3.05, 3.63) is 29.8 Å². The van der Waals surface area contributed by atoms with Crippen molar-refractivity contribution < 1.29 is 14.3 Å². The standard InChI is InChI=1S/C18H27N3O3/c1-18(20(4)5)10-11-21(13-18)17(23)14-8-6-7-9-15(14)24-12-16(22)19(2)3/h6-9H,10-13H2,1-5H3. The third kappa shape index (κ3) is 3.87. The molecule has 0 aromatic heterocycles. The lowest BCUT2D eigenvalue weighted by molar-refractivity contribution is -0.130. The van der Waals surface area contributed by atoms with Crippen molar-refractivity contribution >= 4 is 11.8 Å². The molecule has 2 amide bonds. The summed E-state index contributed by atoms with van der Waals surface area (Å²) < 4.78 is 5.59. The molecule has 0 spiro atoms. The smallest absolute Gasteiger partial charge is 0.259 e. The largest absolute Gasteiger partial charge is 0.483 e. The summed E-state index contributed by atoms with van der Waals surface area (Å²) in [5, 5.41) is 0. The van der Waals surface area contributed by atoms with Gasteiger partial charge >= 0.3 is 0 Å². The summed E-state index contributed by atoms with van der Waals surface area (Å²) in [7, 11) is 7.43. The number of amides is 2. The lowest BCUT2D eigenvalue weighted by atomic mass is 10.0. The first-order valence-electron chi connectivity index (χ1n) is 8.13. The number of hydrogen-bond acceptors (Lipinski definition) is 4. The van der Waals surface area contributed by atoms with Crippen LogP contribution in [0.1, 0.15) is 23.7 Å². The molecule has 0 bridgehead atoms. The highest BCUT2D eigenvalue weighted by Crippen LogP contribution is 2.28. The molecule has 0 N–H and O–H groups in total. The minimum Gasteiger partial charge on any atom is -0.483 e. The number of benzene rings is 1. The molecule has 0 radical (unpaired) electrons. The normalized spacial score (nSPS) is 20.3. The Morgan fingerprint density at radius 3 is 2.46 bits per heavy atom. The second kappa shape index (κ2) is 7.21. The highest BCUT2D eigenvalue weighted by Gasteiger charge is 2.38. The van der Waals surface area contributed by atoms with Crippen LogP contribution in [0, 0.1) is 0 Å². The van der Waals surface area contributed by atoms with Crippen LogP contribution in [0.3, 0.4) is 0 Å². The zero-order valence-corrected chi connectivity index (χ0v) is 15.2. The molecule has 1 heterocycles. The number of carbonyl (C=O) groups excluding carboxylic acids is 2. The second-order valence-corrected chi connectivity index (χ2v) is 6.94. The molecule has 1 aromatic rings. The van der Waals surface area contributed by atoms with Gasteiger partial charge < -0.3 is 19.4 Å². The van der Waals surface area contributed by atoms with Crippen molar-refractivity contribution in [2.24, 2.45) is 0 Å². The zero-order chi connectivity index (χ0) is 17.9. The Morgan fingerprint density at radius 1 is 1.21 bits per heavy atom. The number of ether oxygens (including phenoxy) is 1. The second-order valence-electron chi connectivity index (χ2n) is 6.94. The average Bonchev–Trinajstić information content (AvgIpc) is 2.96. The molecule has 1 aromatic carbocycles. The Bertz CT molecular complexity index is 615. The topological polar surface area (TPSA) is 53.1 Å². The SMILES string of the molecule is CN(C)C(=O)COc1ccccc1C(=O)N1CCC(C)(N(C)C)C1. The molecule has 24 heavy (non-hydrogen) atoms. The Morgan fingerprint density at radius 2 is 1.88 bits per heavy atom. The Balaban J connectivity index is 2.12. The van der Waals surface area contributed by atoms with Crippen LogP contribution in [0.5, 0.6) is 5.75 Å². The number of likely N-dealkylation sites (tertiary alicyclic amines) is 1. The van der Waals surface area contributed by atoms with E-state index in [2.05, 4.69) is 11.8 Å². The van der Waals surface area contributed by atoms with Crippen LogP contribution in [0.4, 0.5) is 0 Å². The molecule has 0 saturated carbocycles. The van der Waals surface area contributed by atoms with Crippen molar-refractivity contribution in [1.82, 2.24) is 14.7 Å². The van der Waals surface area contributed by atoms with Gasteiger partial charge in [0.15, 0.2) is 6.61 Å². The monoisotopic (exact) mass is 333 g/mol. The fourth-order valence-corrected chi connectivity index (χ4v) is 2.69. The Labute approximate surface area is 144 Å². The van der Waals surface area contributed by atoms with Gasteiger partial charge in [-0.05, 0) is 39.6 Å². The summed E-state index contributed by atoms with van der Waals surface area (Å²) in [5.74, 6) is 0.267. The van der Waals surface area contributed by atoms with E-state index >= 15 is 0 Å². The van der Waals surface area contributed by atoms with Gasteiger partial charge in [-0.1, -0.05) is 12.1 Å². The van der Waals surface area contributed by atoms with Crippen molar-refractivity contribution in [3.8, 4) is 5.75 Å². The molecule has 6 heteroatoms. The molecule has 2 rings (SSSR count). The van der Waals surface area contributed by atoms with Crippen LogP contribution in [0.25, 0.3) is 0 Å². The lowest BCUT2D eigenvalue weighted by Gasteiger charge is -2.32. The molecule has 132 valence electrons. The molecule has 6 nitrogen and oxygen atoms in total. The molecular weight excluding hydrogens is 306 g/mol. The first kappa shape index (κ1) is 18.3. The van der Waals surface area contributed by atoms with Crippen LogP contribution in [-0.4, -0.2) is 79.9 Å². The molecule has 1 atom stereocenters. The van der Waals surface area contributed by atoms with Crippen molar-refractivity contribution in [2.75, 3.05) is 47.9 Å². The van der Waals surface area contributed by atoms with Gasteiger partial charge in [0.1, 0.15) is 5.75 Å². The molecule has 1 saturated heterocycles. The van der Waals surface area contributed by atoms with Crippen molar-refractivity contribution in [2.45, 2.75) is 18.9 Å². The van der Waals surface area contributed by atoms with Crippen LogP contribution >= 0.6 is 0 Å². The van der Waals surface area contributed by atoms with Gasteiger partial charge in [-0.15, -0.1) is 0 Å². The van der Waals surface area contributed by atoms with E-state index in [0.717, 1.165) is 13.0 Å². The lowest BCUT2D eigenvalue weighted by Crippen LogP contribution is -2.44. The van der Waals surface area contributed by atoms with E-state index in [1.807, 2.05) is 25.1 Å². The summed E-state index contributed by atoms with van der Waals surface area (Å²) in [4.78, 5) is 30.1. The maximum atomic E-state index is 12.9. The summed E-state index contributed by atoms with van der Waals surface area (Å²) in [6, 6.07) is 7.11.